The Morgan fingerprint density at radius 1 is 1.67 bits per heavy atom. The monoisotopic (exact) mass is 247 g/mol. The molecule has 0 aromatic heterocycles. The quantitative estimate of drug-likeness (QED) is 0.826. The van der Waals surface area contributed by atoms with Crippen LogP contribution in [0.4, 0.5) is 0 Å². The molecule has 0 spiro atoms. The molecule has 0 fully saturated rings. The first-order valence-electron chi connectivity index (χ1n) is 5.90. The maximum Gasteiger partial charge on any atom is 0.243 e. The lowest BCUT2D eigenvalue weighted by Crippen LogP contribution is -2.20. The Labute approximate surface area is 107 Å². The fourth-order valence-corrected chi connectivity index (χ4v) is 2.06. The zero-order valence-electron chi connectivity index (χ0n) is 10.7. The van der Waals surface area contributed by atoms with Crippen LogP contribution in [0.1, 0.15) is 18.1 Å². The third kappa shape index (κ3) is 2.47. The number of carbonyl (C=O) groups is 1. The van der Waals surface area contributed by atoms with E-state index in [-0.39, 0.29) is 12.0 Å². The number of methoxy groups -OCH3 is 1. The molecule has 1 aromatic rings. The number of fused-ring (bicyclic) bond motifs is 1. The molecule has 0 aliphatic carbocycles. The van der Waals surface area contributed by atoms with Crippen LogP contribution in [0.5, 0.6) is 11.5 Å². The lowest BCUT2D eigenvalue weighted by molar-refractivity contribution is -0.116. The number of hydrogen-bond donors (Lipinski definition) is 1. The number of amides is 1. The number of hydrogen-bond acceptors (Lipinski definition) is 3. The maximum absolute atomic E-state index is 11.2. The summed E-state index contributed by atoms with van der Waals surface area (Å²) in [6.45, 7) is 5.85. The molecule has 1 unspecified atom stereocenters. The molecule has 1 aliphatic heterocycles. The van der Waals surface area contributed by atoms with Crippen LogP contribution >= 0.6 is 0 Å². The zero-order chi connectivity index (χ0) is 13.1. The minimum atomic E-state index is -0.202. The van der Waals surface area contributed by atoms with Crippen molar-refractivity contribution in [2.75, 3.05) is 7.11 Å². The molecule has 2 rings (SSSR count). The van der Waals surface area contributed by atoms with Gasteiger partial charge in [0.05, 0.1) is 7.11 Å². The molecule has 1 N–H and O–H groups in total. The van der Waals surface area contributed by atoms with E-state index in [1.165, 1.54) is 6.08 Å². The molecule has 0 radical (unpaired) electrons. The summed E-state index contributed by atoms with van der Waals surface area (Å²) in [5.41, 5.74) is 2.05. The zero-order valence-corrected chi connectivity index (χ0v) is 10.7. The number of rotatable bonds is 4. The highest BCUT2D eigenvalue weighted by molar-refractivity contribution is 5.86. The van der Waals surface area contributed by atoms with Crippen molar-refractivity contribution in [2.24, 2.45) is 0 Å². The number of nitrogens with one attached hydrogen (secondary N) is 1. The first-order valence-corrected chi connectivity index (χ1v) is 5.90. The van der Waals surface area contributed by atoms with E-state index in [4.69, 9.17) is 9.47 Å². The second-order valence-electron chi connectivity index (χ2n) is 4.33. The van der Waals surface area contributed by atoms with Gasteiger partial charge in [-0.05, 0) is 25.1 Å². The number of carbonyl (C=O) groups excluding carboxylic acids is 1. The third-order valence-electron chi connectivity index (χ3n) is 2.94. The fraction of sp³-hybridized carbons (Fsp3) is 0.357. The molecule has 1 heterocycles. The molecule has 1 aromatic carbocycles. The van der Waals surface area contributed by atoms with E-state index < -0.39 is 0 Å². The molecule has 96 valence electrons. The smallest absolute Gasteiger partial charge is 0.243 e. The van der Waals surface area contributed by atoms with Gasteiger partial charge in [0.25, 0.3) is 0 Å². The van der Waals surface area contributed by atoms with Crippen molar-refractivity contribution in [1.82, 2.24) is 5.32 Å². The van der Waals surface area contributed by atoms with Crippen LogP contribution in [0, 0.1) is 0 Å². The second-order valence-corrected chi connectivity index (χ2v) is 4.33. The molecule has 1 amide bonds. The summed E-state index contributed by atoms with van der Waals surface area (Å²) in [5.74, 6) is 1.45. The number of ether oxygens (including phenoxy) is 2. The topological polar surface area (TPSA) is 47.6 Å². The Bertz CT molecular complexity index is 482. The predicted molar refractivity (Wildman–Crippen MR) is 68.8 cm³/mol. The SMILES string of the molecule is C=CC(=O)NCc1cc2c(cc1OC)CC(C)O2. The summed E-state index contributed by atoms with van der Waals surface area (Å²) in [7, 11) is 1.62. The summed E-state index contributed by atoms with van der Waals surface area (Å²) >= 11 is 0. The number of benzene rings is 1. The highest BCUT2D eigenvalue weighted by Crippen LogP contribution is 2.34. The van der Waals surface area contributed by atoms with Crippen molar-refractivity contribution in [3.05, 3.63) is 35.9 Å². The largest absolute Gasteiger partial charge is 0.496 e. The molecular weight excluding hydrogens is 230 g/mol. The first kappa shape index (κ1) is 12.5. The van der Waals surface area contributed by atoms with Crippen molar-refractivity contribution < 1.29 is 14.3 Å². The predicted octanol–water partition coefficient (Wildman–Crippen LogP) is 1.82. The summed E-state index contributed by atoms with van der Waals surface area (Å²) in [5, 5.41) is 2.73. The molecule has 0 bridgehead atoms. The second kappa shape index (κ2) is 5.12. The van der Waals surface area contributed by atoms with E-state index in [2.05, 4.69) is 11.9 Å². The average Bonchev–Trinajstić information content (AvgIpc) is 2.73. The van der Waals surface area contributed by atoms with E-state index >= 15 is 0 Å². The van der Waals surface area contributed by atoms with Gasteiger partial charge in [0.15, 0.2) is 0 Å². The third-order valence-corrected chi connectivity index (χ3v) is 2.94. The Hall–Kier alpha value is -1.97. The lowest BCUT2D eigenvalue weighted by atomic mass is 10.1. The van der Waals surface area contributed by atoms with Crippen LogP contribution in [-0.2, 0) is 17.8 Å². The molecule has 0 saturated carbocycles. The molecule has 0 saturated heterocycles. The summed E-state index contributed by atoms with van der Waals surface area (Å²) in [6.07, 6.45) is 2.34. The summed E-state index contributed by atoms with van der Waals surface area (Å²) < 4.78 is 11.0. The Kier molecular flexibility index (Phi) is 3.55. The van der Waals surface area contributed by atoms with Crippen molar-refractivity contribution in [2.45, 2.75) is 26.0 Å². The normalized spacial score (nSPS) is 16.7. The van der Waals surface area contributed by atoms with Gasteiger partial charge in [-0.15, -0.1) is 0 Å². The van der Waals surface area contributed by atoms with Crippen molar-refractivity contribution >= 4 is 5.91 Å². The van der Waals surface area contributed by atoms with E-state index in [0.717, 1.165) is 29.0 Å². The van der Waals surface area contributed by atoms with Crippen LogP contribution in [0.3, 0.4) is 0 Å². The van der Waals surface area contributed by atoms with Gasteiger partial charge in [0.2, 0.25) is 5.91 Å². The molecule has 4 heteroatoms. The molecular formula is C14H17NO3. The average molecular weight is 247 g/mol. The van der Waals surface area contributed by atoms with Crippen LogP contribution in [0.2, 0.25) is 0 Å². The summed E-state index contributed by atoms with van der Waals surface area (Å²) in [6, 6.07) is 3.91. The van der Waals surface area contributed by atoms with Gasteiger partial charge >= 0.3 is 0 Å². The summed E-state index contributed by atoms with van der Waals surface area (Å²) in [4.78, 5) is 11.2. The van der Waals surface area contributed by atoms with Gasteiger partial charge in [-0.3, -0.25) is 4.79 Å². The minimum Gasteiger partial charge on any atom is -0.496 e. The maximum atomic E-state index is 11.2. The Balaban J connectivity index is 2.21. The van der Waals surface area contributed by atoms with Crippen molar-refractivity contribution in [3.63, 3.8) is 0 Å². The van der Waals surface area contributed by atoms with Crippen molar-refractivity contribution in [3.8, 4) is 11.5 Å². The first-order chi connectivity index (χ1) is 8.63. The Morgan fingerprint density at radius 3 is 3.11 bits per heavy atom. The van der Waals surface area contributed by atoms with Crippen molar-refractivity contribution in [1.29, 1.82) is 0 Å². The van der Waals surface area contributed by atoms with E-state index in [9.17, 15) is 4.79 Å². The van der Waals surface area contributed by atoms with Crippen LogP contribution in [-0.4, -0.2) is 19.1 Å². The van der Waals surface area contributed by atoms with Gasteiger partial charge in [-0.25, -0.2) is 0 Å². The Morgan fingerprint density at radius 2 is 2.44 bits per heavy atom. The van der Waals surface area contributed by atoms with Crippen LogP contribution in [0.25, 0.3) is 0 Å². The fourth-order valence-electron chi connectivity index (χ4n) is 2.06. The minimum absolute atomic E-state index is 0.197. The van der Waals surface area contributed by atoms with E-state index in [0.29, 0.717) is 6.54 Å². The highest BCUT2D eigenvalue weighted by Gasteiger charge is 2.21. The van der Waals surface area contributed by atoms with Gasteiger partial charge in [-0.2, -0.15) is 0 Å². The highest BCUT2D eigenvalue weighted by atomic mass is 16.5. The van der Waals surface area contributed by atoms with Gasteiger partial charge in [0.1, 0.15) is 17.6 Å². The lowest BCUT2D eigenvalue weighted by Gasteiger charge is -2.11. The standard InChI is InChI=1S/C14H17NO3/c1-4-14(16)15-8-11-7-13-10(5-9(2)18-13)6-12(11)17-3/h4,6-7,9H,1,5,8H2,2-3H3,(H,15,16). The van der Waals surface area contributed by atoms with Crippen LogP contribution < -0.4 is 14.8 Å². The molecule has 1 atom stereocenters. The van der Waals surface area contributed by atoms with E-state index in [1.807, 2.05) is 19.1 Å². The molecule has 1 aliphatic rings. The molecule has 18 heavy (non-hydrogen) atoms. The van der Waals surface area contributed by atoms with Crippen LogP contribution in [0.15, 0.2) is 24.8 Å². The van der Waals surface area contributed by atoms with Gasteiger partial charge < -0.3 is 14.8 Å². The van der Waals surface area contributed by atoms with E-state index in [1.54, 1.807) is 7.11 Å². The molecule has 4 nitrogen and oxygen atoms in total. The van der Waals surface area contributed by atoms with Gasteiger partial charge in [-0.1, -0.05) is 6.58 Å². The van der Waals surface area contributed by atoms with Gasteiger partial charge in [0, 0.05) is 24.1 Å².